The zero-order chi connectivity index (χ0) is 17.5. The molecule has 2 amide bonds. The predicted molar refractivity (Wildman–Crippen MR) is 98.0 cm³/mol. The molecule has 24 heavy (non-hydrogen) atoms. The molecule has 1 aromatic heterocycles. The molecule has 0 bridgehead atoms. The number of hydrogen-bond acceptors (Lipinski definition) is 4. The maximum atomic E-state index is 12.4. The number of hydrogen-bond donors (Lipinski definition) is 1. The van der Waals surface area contributed by atoms with Gasteiger partial charge in [-0.1, -0.05) is 6.07 Å². The van der Waals surface area contributed by atoms with Crippen LogP contribution in [0.25, 0.3) is 11.3 Å². The van der Waals surface area contributed by atoms with Crippen LogP contribution in [0.1, 0.15) is 25.8 Å². The molecule has 0 saturated carbocycles. The summed E-state index contributed by atoms with van der Waals surface area (Å²) in [5.74, 6) is 0.223. The number of nitrogens with zero attached hydrogens (tertiary/aromatic N) is 2. The smallest absolute Gasteiger partial charge is 0.236 e. The Labute approximate surface area is 149 Å². The molecule has 126 valence electrons. The van der Waals surface area contributed by atoms with Crippen LogP contribution in [0, 0.1) is 0 Å². The van der Waals surface area contributed by atoms with Crippen molar-refractivity contribution in [2.45, 2.75) is 25.7 Å². The largest absolute Gasteiger partial charge is 0.314 e. The van der Waals surface area contributed by atoms with Gasteiger partial charge in [-0.2, -0.15) is 0 Å². The molecule has 0 fully saturated rings. The average molecular weight is 364 g/mol. The maximum Gasteiger partial charge on any atom is 0.236 e. The number of carbonyl (C=O) groups excluding carboxylic acids is 2. The predicted octanol–water partition coefficient (Wildman–Crippen LogP) is 3.63. The molecular formula is C17H18ClN3O2S. The Morgan fingerprint density at radius 3 is 2.88 bits per heavy atom. The number of thiazole rings is 1. The fourth-order valence-corrected chi connectivity index (χ4v) is 3.77. The highest BCUT2D eigenvalue weighted by Gasteiger charge is 2.42. The summed E-state index contributed by atoms with van der Waals surface area (Å²) in [5, 5.41) is 5.18. The van der Waals surface area contributed by atoms with Crippen molar-refractivity contribution in [1.29, 1.82) is 0 Å². The summed E-state index contributed by atoms with van der Waals surface area (Å²) in [6.07, 6.45) is 0.262. The van der Waals surface area contributed by atoms with Gasteiger partial charge in [-0.3, -0.25) is 9.59 Å². The third kappa shape index (κ3) is 2.80. The zero-order valence-electron chi connectivity index (χ0n) is 13.7. The van der Waals surface area contributed by atoms with Crippen LogP contribution in [0.4, 0.5) is 10.8 Å². The van der Waals surface area contributed by atoms with Gasteiger partial charge in [0, 0.05) is 36.0 Å². The normalized spacial score (nSPS) is 15.5. The van der Waals surface area contributed by atoms with E-state index >= 15 is 0 Å². The number of likely N-dealkylation sites (N-methyl/N-ethyl adjacent to an activating group) is 1. The van der Waals surface area contributed by atoms with Crippen molar-refractivity contribution in [2.75, 3.05) is 23.1 Å². The molecule has 2 heterocycles. The molecule has 0 spiro atoms. The van der Waals surface area contributed by atoms with Gasteiger partial charge in [-0.25, -0.2) is 4.98 Å². The number of rotatable bonds is 4. The second kappa shape index (κ2) is 6.18. The van der Waals surface area contributed by atoms with E-state index in [2.05, 4.69) is 10.3 Å². The topological polar surface area (TPSA) is 62.3 Å². The molecule has 0 atom stereocenters. The number of amides is 2. The first-order chi connectivity index (χ1) is 11.3. The van der Waals surface area contributed by atoms with Gasteiger partial charge in [0.1, 0.15) is 0 Å². The minimum absolute atomic E-state index is 0.0851. The second-order valence-electron chi connectivity index (χ2n) is 6.25. The summed E-state index contributed by atoms with van der Waals surface area (Å²) >= 11 is 6.93. The van der Waals surface area contributed by atoms with Gasteiger partial charge < -0.3 is 10.2 Å². The molecule has 0 saturated heterocycles. The van der Waals surface area contributed by atoms with E-state index in [1.807, 2.05) is 37.4 Å². The summed E-state index contributed by atoms with van der Waals surface area (Å²) in [4.78, 5) is 30.1. The van der Waals surface area contributed by atoms with Gasteiger partial charge in [0.25, 0.3) is 0 Å². The molecule has 0 aliphatic carbocycles. The average Bonchev–Trinajstić information content (AvgIpc) is 3.06. The number of benzene rings is 1. The lowest BCUT2D eigenvalue weighted by molar-refractivity contribution is -0.121. The molecule has 1 N–H and O–H groups in total. The molecular weight excluding hydrogens is 346 g/mol. The van der Waals surface area contributed by atoms with Crippen molar-refractivity contribution >= 4 is 45.6 Å². The van der Waals surface area contributed by atoms with Gasteiger partial charge in [0.15, 0.2) is 5.13 Å². The van der Waals surface area contributed by atoms with Gasteiger partial charge in [-0.05, 0) is 31.5 Å². The fraction of sp³-hybridized carbons (Fsp3) is 0.353. The van der Waals surface area contributed by atoms with Crippen LogP contribution >= 0.6 is 22.9 Å². The van der Waals surface area contributed by atoms with E-state index in [0.29, 0.717) is 5.13 Å². The van der Waals surface area contributed by atoms with E-state index < -0.39 is 5.41 Å². The van der Waals surface area contributed by atoms with Crippen molar-refractivity contribution in [3.05, 3.63) is 29.1 Å². The lowest BCUT2D eigenvalue weighted by atomic mass is 9.85. The SMILES string of the molecule is CN1C(=O)C(C)(C)c2cc(-c3csc(NC(=O)CCCl)n3)ccc21. The molecule has 0 radical (unpaired) electrons. The first-order valence-corrected chi connectivity index (χ1v) is 9.00. The number of aromatic nitrogens is 1. The monoisotopic (exact) mass is 363 g/mol. The van der Waals surface area contributed by atoms with Crippen molar-refractivity contribution in [3.63, 3.8) is 0 Å². The van der Waals surface area contributed by atoms with Crippen LogP contribution in [-0.4, -0.2) is 29.7 Å². The summed E-state index contributed by atoms with van der Waals surface area (Å²) in [6, 6.07) is 5.90. The van der Waals surface area contributed by atoms with E-state index in [1.165, 1.54) is 11.3 Å². The standard InChI is InChI=1S/C17H18ClN3O2S/c1-17(2)11-8-10(4-5-13(11)21(3)15(17)23)12-9-24-16(19-12)20-14(22)6-7-18/h4-5,8-9H,6-7H2,1-3H3,(H,19,20,22). The lowest BCUT2D eigenvalue weighted by Crippen LogP contribution is -2.33. The van der Waals surface area contributed by atoms with E-state index in [9.17, 15) is 9.59 Å². The Kier molecular flexibility index (Phi) is 4.36. The fourth-order valence-electron chi connectivity index (χ4n) is 2.86. The minimum atomic E-state index is -0.548. The summed E-state index contributed by atoms with van der Waals surface area (Å²) in [7, 11) is 1.79. The number of halogens is 1. The van der Waals surface area contributed by atoms with Crippen molar-refractivity contribution < 1.29 is 9.59 Å². The number of alkyl halides is 1. The Morgan fingerprint density at radius 2 is 2.17 bits per heavy atom. The second-order valence-corrected chi connectivity index (χ2v) is 7.48. The third-order valence-corrected chi connectivity index (χ3v) is 5.19. The molecule has 1 aromatic carbocycles. The van der Waals surface area contributed by atoms with E-state index in [0.717, 1.165) is 22.5 Å². The molecule has 2 aromatic rings. The van der Waals surface area contributed by atoms with Crippen LogP contribution < -0.4 is 10.2 Å². The summed E-state index contributed by atoms with van der Waals surface area (Å²) < 4.78 is 0. The Hall–Kier alpha value is -1.92. The lowest BCUT2D eigenvalue weighted by Gasteiger charge is -2.16. The first kappa shape index (κ1) is 16.9. The molecule has 1 aliphatic rings. The van der Waals surface area contributed by atoms with Crippen LogP contribution in [0.3, 0.4) is 0 Å². The van der Waals surface area contributed by atoms with Crippen LogP contribution in [0.15, 0.2) is 23.6 Å². The number of fused-ring (bicyclic) bond motifs is 1. The van der Waals surface area contributed by atoms with Crippen molar-refractivity contribution in [1.82, 2.24) is 4.98 Å². The summed E-state index contributed by atoms with van der Waals surface area (Å²) in [5.41, 5.74) is 3.08. The highest BCUT2D eigenvalue weighted by molar-refractivity contribution is 7.14. The Bertz CT molecular complexity index is 816. The molecule has 3 rings (SSSR count). The van der Waals surface area contributed by atoms with Crippen LogP contribution in [0.2, 0.25) is 0 Å². The highest BCUT2D eigenvalue weighted by Crippen LogP contribution is 2.42. The van der Waals surface area contributed by atoms with Gasteiger partial charge in [0.05, 0.1) is 11.1 Å². The van der Waals surface area contributed by atoms with Gasteiger partial charge in [-0.15, -0.1) is 22.9 Å². The quantitative estimate of drug-likeness (QED) is 0.844. The van der Waals surface area contributed by atoms with E-state index in [1.54, 1.807) is 11.9 Å². The van der Waals surface area contributed by atoms with E-state index in [-0.39, 0.29) is 24.1 Å². The number of anilines is 2. The highest BCUT2D eigenvalue weighted by atomic mass is 35.5. The van der Waals surface area contributed by atoms with Crippen LogP contribution in [0.5, 0.6) is 0 Å². The molecule has 7 heteroatoms. The van der Waals surface area contributed by atoms with Crippen molar-refractivity contribution in [2.24, 2.45) is 0 Å². The minimum Gasteiger partial charge on any atom is -0.314 e. The zero-order valence-corrected chi connectivity index (χ0v) is 15.3. The van der Waals surface area contributed by atoms with Gasteiger partial charge in [0.2, 0.25) is 11.8 Å². The first-order valence-electron chi connectivity index (χ1n) is 7.59. The number of nitrogens with one attached hydrogen (secondary N) is 1. The van der Waals surface area contributed by atoms with Crippen LogP contribution in [-0.2, 0) is 15.0 Å². The molecule has 1 aliphatic heterocycles. The van der Waals surface area contributed by atoms with Gasteiger partial charge >= 0.3 is 0 Å². The Balaban J connectivity index is 1.90. The third-order valence-electron chi connectivity index (χ3n) is 4.24. The van der Waals surface area contributed by atoms with Crippen molar-refractivity contribution in [3.8, 4) is 11.3 Å². The Morgan fingerprint density at radius 1 is 1.42 bits per heavy atom. The van der Waals surface area contributed by atoms with E-state index in [4.69, 9.17) is 11.6 Å². The molecule has 5 nitrogen and oxygen atoms in total. The molecule has 0 unspecified atom stereocenters. The summed E-state index contributed by atoms with van der Waals surface area (Å²) in [6.45, 7) is 3.86. The maximum absolute atomic E-state index is 12.4. The number of carbonyl (C=O) groups is 2.